The van der Waals surface area contributed by atoms with E-state index in [-0.39, 0.29) is 0 Å². The van der Waals surface area contributed by atoms with Gasteiger partial charge in [-0.15, -0.1) is 0 Å². The first-order valence-electron chi connectivity index (χ1n) is 4.57. The molecule has 1 fully saturated rings. The van der Waals surface area contributed by atoms with Crippen LogP contribution in [0, 0.1) is 11.3 Å². The molecule has 1 atom stereocenters. The van der Waals surface area contributed by atoms with Crippen LogP contribution in [0.1, 0.15) is 13.3 Å². The Hall–Kier alpha value is -0.590. The van der Waals surface area contributed by atoms with Crippen molar-refractivity contribution >= 4 is 0 Å². The SMILES string of the molecule is CCC1CN(CC#N)CCN1C. The van der Waals surface area contributed by atoms with E-state index >= 15 is 0 Å². The molecule has 3 heteroatoms. The fraction of sp³-hybridized carbons (Fsp3) is 0.889. The van der Waals surface area contributed by atoms with Gasteiger partial charge in [0.05, 0.1) is 12.6 Å². The zero-order chi connectivity index (χ0) is 8.97. The number of hydrogen-bond donors (Lipinski definition) is 0. The van der Waals surface area contributed by atoms with E-state index in [1.54, 1.807) is 0 Å². The van der Waals surface area contributed by atoms with Gasteiger partial charge in [0.15, 0.2) is 0 Å². The third-order valence-corrected chi connectivity index (χ3v) is 2.63. The summed E-state index contributed by atoms with van der Waals surface area (Å²) in [5.41, 5.74) is 0. The molecule has 0 aliphatic carbocycles. The molecule has 1 unspecified atom stereocenters. The van der Waals surface area contributed by atoms with Crippen LogP contribution in [0.4, 0.5) is 0 Å². The molecule has 0 saturated carbocycles. The summed E-state index contributed by atoms with van der Waals surface area (Å²) in [6.45, 7) is 5.99. The Morgan fingerprint density at radius 3 is 2.83 bits per heavy atom. The molecule has 68 valence electrons. The van der Waals surface area contributed by atoms with Gasteiger partial charge in [-0.05, 0) is 13.5 Å². The van der Waals surface area contributed by atoms with Crippen LogP contribution in [0.25, 0.3) is 0 Å². The van der Waals surface area contributed by atoms with Crippen LogP contribution in [-0.4, -0.2) is 49.1 Å². The molecule has 0 aromatic carbocycles. The van der Waals surface area contributed by atoms with Crippen LogP contribution in [0.2, 0.25) is 0 Å². The highest BCUT2D eigenvalue weighted by molar-refractivity contribution is 4.84. The monoisotopic (exact) mass is 167 g/mol. The summed E-state index contributed by atoms with van der Waals surface area (Å²) in [5, 5.41) is 8.54. The number of likely N-dealkylation sites (N-methyl/N-ethyl adjacent to an activating group) is 1. The summed E-state index contributed by atoms with van der Waals surface area (Å²) in [4.78, 5) is 4.61. The minimum atomic E-state index is 0.588. The van der Waals surface area contributed by atoms with Crippen LogP contribution >= 0.6 is 0 Å². The van der Waals surface area contributed by atoms with Crippen molar-refractivity contribution in [2.24, 2.45) is 0 Å². The van der Waals surface area contributed by atoms with E-state index in [4.69, 9.17) is 5.26 Å². The molecule has 0 amide bonds. The number of nitrogens with zero attached hydrogens (tertiary/aromatic N) is 3. The first-order valence-corrected chi connectivity index (χ1v) is 4.57. The Bertz CT molecular complexity index is 173. The van der Waals surface area contributed by atoms with E-state index in [1.165, 1.54) is 6.42 Å². The van der Waals surface area contributed by atoms with Gasteiger partial charge in [0.2, 0.25) is 0 Å². The van der Waals surface area contributed by atoms with Crippen LogP contribution in [0.3, 0.4) is 0 Å². The fourth-order valence-electron chi connectivity index (χ4n) is 1.69. The lowest BCUT2D eigenvalue weighted by Gasteiger charge is -2.37. The molecule has 0 aromatic heterocycles. The summed E-state index contributed by atoms with van der Waals surface area (Å²) in [6, 6.07) is 2.85. The molecule has 0 radical (unpaired) electrons. The lowest BCUT2D eigenvalue weighted by Crippen LogP contribution is -2.51. The van der Waals surface area contributed by atoms with E-state index in [0.717, 1.165) is 19.6 Å². The van der Waals surface area contributed by atoms with E-state index in [1.807, 2.05) is 0 Å². The van der Waals surface area contributed by atoms with Gasteiger partial charge >= 0.3 is 0 Å². The van der Waals surface area contributed by atoms with Crippen molar-refractivity contribution in [3.63, 3.8) is 0 Å². The topological polar surface area (TPSA) is 30.3 Å². The largest absolute Gasteiger partial charge is 0.301 e. The van der Waals surface area contributed by atoms with Gasteiger partial charge in [-0.25, -0.2) is 0 Å². The second kappa shape index (κ2) is 4.44. The molecule has 0 spiro atoms. The van der Waals surface area contributed by atoms with Crippen LogP contribution in [0.5, 0.6) is 0 Å². The zero-order valence-corrected chi connectivity index (χ0v) is 7.95. The highest BCUT2D eigenvalue weighted by Gasteiger charge is 2.21. The maximum Gasteiger partial charge on any atom is 0.0866 e. The Balaban J connectivity index is 2.39. The summed E-state index contributed by atoms with van der Waals surface area (Å²) >= 11 is 0. The molecular formula is C9H17N3. The van der Waals surface area contributed by atoms with E-state index in [9.17, 15) is 0 Å². The Labute approximate surface area is 74.6 Å². The van der Waals surface area contributed by atoms with Crippen molar-refractivity contribution in [1.82, 2.24) is 9.80 Å². The van der Waals surface area contributed by atoms with Gasteiger partial charge in [-0.3, -0.25) is 4.90 Å². The molecule has 12 heavy (non-hydrogen) atoms. The Kier molecular flexibility index (Phi) is 3.51. The van der Waals surface area contributed by atoms with Crippen molar-refractivity contribution in [1.29, 1.82) is 5.26 Å². The molecule has 1 aliphatic rings. The van der Waals surface area contributed by atoms with E-state index < -0.39 is 0 Å². The average molecular weight is 167 g/mol. The highest BCUT2D eigenvalue weighted by Crippen LogP contribution is 2.09. The van der Waals surface area contributed by atoms with Crippen molar-refractivity contribution in [3.8, 4) is 6.07 Å². The number of hydrogen-bond acceptors (Lipinski definition) is 3. The zero-order valence-electron chi connectivity index (χ0n) is 7.95. The standard InChI is InChI=1S/C9H17N3/c1-3-9-8-12(5-4-10)7-6-11(9)2/h9H,3,5-8H2,1-2H3. The summed E-state index contributed by atoms with van der Waals surface area (Å²) in [5.74, 6) is 0. The summed E-state index contributed by atoms with van der Waals surface area (Å²) in [7, 11) is 2.16. The number of rotatable bonds is 2. The van der Waals surface area contributed by atoms with Crippen molar-refractivity contribution in [2.75, 3.05) is 33.2 Å². The fourth-order valence-corrected chi connectivity index (χ4v) is 1.69. The van der Waals surface area contributed by atoms with E-state index in [2.05, 4.69) is 29.8 Å². The molecule has 3 nitrogen and oxygen atoms in total. The minimum absolute atomic E-state index is 0.588. The average Bonchev–Trinajstić information content (AvgIpc) is 2.09. The normalized spacial score (nSPS) is 26.9. The minimum Gasteiger partial charge on any atom is -0.301 e. The first kappa shape index (κ1) is 9.50. The van der Waals surface area contributed by atoms with Gasteiger partial charge in [0, 0.05) is 25.7 Å². The second-order valence-electron chi connectivity index (χ2n) is 3.44. The molecular weight excluding hydrogens is 150 g/mol. The van der Waals surface area contributed by atoms with E-state index in [0.29, 0.717) is 12.6 Å². The maximum atomic E-state index is 8.54. The molecule has 1 saturated heterocycles. The van der Waals surface area contributed by atoms with Crippen LogP contribution in [-0.2, 0) is 0 Å². The first-order chi connectivity index (χ1) is 5.77. The van der Waals surface area contributed by atoms with Gasteiger partial charge in [-0.2, -0.15) is 5.26 Å². The lowest BCUT2D eigenvalue weighted by molar-refractivity contribution is 0.103. The highest BCUT2D eigenvalue weighted by atomic mass is 15.3. The van der Waals surface area contributed by atoms with Gasteiger partial charge in [0.25, 0.3) is 0 Å². The Morgan fingerprint density at radius 2 is 2.25 bits per heavy atom. The lowest BCUT2D eigenvalue weighted by atomic mass is 10.1. The van der Waals surface area contributed by atoms with Crippen molar-refractivity contribution in [3.05, 3.63) is 0 Å². The Morgan fingerprint density at radius 1 is 1.50 bits per heavy atom. The maximum absolute atomic E-state index is 8.54. The molecule has 0 bridgehead atoms. The number of piperazine rings is 1. The molecule has 1 rings (SSSR count). The third kappa shape index (κ3) is 2.20. The van der Waals surface area contributed by atoms with Crippen LogP contribution < -0.4 is 0 Å². The van der Waals surface area contributed by atoms with Gasteiger partial charge in [-0.1, -0.05) is 6.92 Å². The third-order valence-electron chi connectivity index (χ3n) is 2.63. The number of nitriles is 1. The van der Waals surface area contributed by atoms with Gasteiger partial charge in [0.1, 0.15) is 0 Å². The molecule has 0 N–H and O–H groups in total. The second-order valence-corrected chi connectivity index (χ2v) is 3.44. The summed E-state index contributed by atoms with van der Waals surface area (Å²) < 4.78 is 0. The molecule has 1 aliphatic heterocycles. The molecule has 0 aromatic rings. The van der Waals surface area contributed by atoms with Crippen molar-refractivity contribution in [2.45, 2.75) is 19.4 Å². The van der Waals surface area contributed by atoms with Crippen molar-refractivity contribution < 1.29 is 0 Å². The predicted molar refractivity (Wildman–Crippen MR) is 48.8 cm³/mol. The smallest absolute Gasteiger partial charge is 0.0866 e. The quantitative estimate of drug-likeness (QED) is 0.562. The molecule has 1 heterocycles. The van der Waals surface area contributed by atoms with Crippen LogP contribution in [0.15, 0.2) is 0 Å². The van der Waals surface area contributed by atoms with Gasteiger partial charge < -0.3 is 4.90 Å². The summed E-state index contributed by atoms with van der Waals surface area (Å²) in [6.07, 6.45) is 1.18. The predicted octanol–water partition coefficient (Wildman–Crippen LogP) is 0.536.